The first kappa shape index (κ1) is 21.5. The third-order valence-corrected chi connectivity index (χ3v) is 5.76. The first-order chi connectivity index (χ1) is 14.9. The number of nitrogens with one attached hydrogen (secondary N) is 1. The molecule has 0 spiro atoms. The van der Waals surface area contributed by atoms with Crippen LogP contribution in [0.25, 0.3) is 0 Å². The van der Waals surface area contributed by atoms with E-state index in [2.05, 4.69) is 15.6 Å². The molecule has 0 fully saturated rings. The topological polar surface area (TPSA) is 77.7 Å². The van der Waals surface area contributed by atoms with Gasteiger partial charge in [-0.15, -0.1) is 0 Å². The van der Waals surface area contributed by atoms with Crippen LogP contribution < -0.4 is 14.9 Å². The summed E-state index contributed by atoms with van der Waals surface area (Å²) in [6, 6.07) is 12.4. The fraction of sp³-hybridized carbons (Fsp3) is 0.190. The zero-order valence-corrected chi connectivity index (χ0v) is 18.6. The van der Waals surface area contributed by atoms with Crippen LogP contribution in [0.5, 0.6) is 11.5 Å². The van der Waals surface area contributed by atoms with E-state index in [1.54, 1.807) is 48.0 Å². The zero-order chi connectivity index (χ0) is 22.0. The molecule has 0 radical (unpaired) electrons. The summed E-state index contributed by atoms with van der Waals surface area (Å²) >= 11 is 18.9. The second-order valence-electron chi connectivity index (χ2n) is 6.75. The van der Waals surface area contributed by atoms with E-state index in [1.807, 2.05) is 6.07 Å². The number of rotatable bonds is 5. The fourth-order valence-corrected chi connectivity index (χ4v) is 3.83. The highest BCUT2D eigenvalue weighted by atomic mass is 35.5. The van der Waals surface area contributed by atoms with Gasteiger partial charge in [-0.05, 0) is 31.2 Å². The smallest absolute Gasteiger partial charge is 0.284 e. The van der Waals surface area contributed by atoms with Crippen LogP contribution in [0.4, 0.5) is 0 Å². The summed E-state index contributed by atoms with van der Waals surface area (Å²) in [6.07, 6.45) is 0.624. The molecule has 1 atom stereocenters. The molecule has 1 amide bonds. The minimum atomic E-state index is -0.811. The molecule has 1 aliphatic heterocycles. The predicted octanol–water partition coefficient (Wildman–Crippen LogP) is 4.49. The van der Waals surface area contributed by atoms with Crippen LogP contribution in [0.15, 0.2) is 47.6 Å². The average molecular weight is 480 g/mol. The average Bonchev–Trinajstić information content (AvgIpc) is 3.03. The maximum Gasteiger partial charge on any atom is 0.284 e. The number of carbonyl (C=O) groups excluding carboxylic acids is 1. The van der Waals surface area contributed by atoms with E-state index in [1.165, 1.54) is 6.21 Å². The van der Waals surface area contributed by atoms with Crippen molar-refractivity contribution in [2.24, 2.45) is 5.10 Å². The van der Waals surface area contributed by atoms with Crippen molar-refractivity contribution in [2.45, 2.75) is 19.6 Å². The number of halogens is 3. The Hall–Kier alpha value is -2.74. The minimum Gasteiger partial charge on any atom is -0.485 e. The van der Waals surface area contributed by atoms with E-state index in [4.69, 9.17) is 44.3 Å². The Kier molecular flexibility index (Phi) is 6.36. The van der Waals surface area contributed by atoms with Gasteiger partial charge in [-0.25, -0.2) is 10.1 Å². The molecule has 2 aromatic carbocycles. The lowest BCUT2D eigenvalue weighted by Crippen LogP contribution is -2.42. The molecule has 7 nitrogen and oxygen atoms in total. The van der Waals surface area contributed by atoms with Crippen LogP contribution >= 0.6 is 34.8 Å². The van der Waals surface area contributed by atoms with Crippen LogP contribution in [0.2, 0.25) is 15.2 Å². The van der Waals surface area contributed by atoms with Crippen molar-refractivity contribution in [1.29, 1.82) is 0 Å². The number of fused-ring (bicyclic) bond motifs is 1. The van der Waals surface area contributed by atoms with Gasteiger partial charge in [0.15, 0.2) is 11.5 Å². The summed E-state index contributed by atoms with van der Waals surface area (Å²) in [5.41, 5.74) is 4.36. The third kappa shape index (κ3) is 4.63. The molecule has 0 aliphatic carbocycles. The van der Waals surface area contributed by atoms with Crippen molar-refractivity contribution in [2.75, 3.05) is 6.61 Å². The highest BCUT2D eigenvalue weighted by Crippen LogP contribution is 2.31. The standard InChI is InChI=1S/C21H17Cl3N4O3/c1-12-13(20(24)28(27-12)10-14-15(22)5-4-6-16(14)23)9-25-26-21(29)19-11-30-17-7-2-3-8-18(17)31-19/h2-9,19H,10-11H2,1H3,(H,26,29)/b25-9+. The lowest BCUT2D eigenvalue weighted by molar-refractivity contribution is -0.130. The molecule has 160 valence electrons. The number of benzene rings is 2. The van der Waals surface area contributed by atoms with Crippen molar-refractivity contribution in [3.05, 3.63) is 74.5 Å². The van der Waals surface area contributed by atoms with Gasteiger partial charge in [-0.2, -0.15) is 10.2 Å². The van der Waals surface area contributed by atoms with Crippen LogP contribution in [0, 0.1) is 6.92 Å². The lowest BCUT2D eigenvalue weighted by atomic mass is 10.2. The number of hydrogen-bond acceptors (Lipinski definition) is 5. The van der Waals surface area contributed by atoms with Gasteiger partial charge in [0.1, 0.15) is 11.8 Å². The summed E-state index contributed by atoms with van der Waals surface area (Å²) in [7, 11) is 0. The van der Waals surface area contributed by atoms with E-state index >= 15 is 0 Å². The Morgan fingerprint density at radius 3 is 2.65 bits per heavy atom. The van der Waals surface area contributed by atoms with Crippen molar-refractivity contribution in [3.63, 3.8) is 0 Å². The van der Waals surface area contributed by atoms with Gasteiger partial charge in [-0.3, -0.25) is 4.79 Å². The Morgan fingerprint density at radius 1 is 1.19 bits per heavy atom. The SMILES string of the molecule is Cc1nn(Cc2c(Cl)cccc2Cl)c(Cl)c1/C=N/NC(=O)C1COc2ccccc2O1. The van der Waals surface area contributed by atoms with Gasteiger partial charge in [0.05, 0.1) is 24.0 Å². The third-order valence-electron chi connectivity index (χ3n) is 4.65. The quantitative estimate of drug-likeness (QED) is 0.432. The number of aryl methyl sites for hydroxylation is 1. The van der Waals surface area contributed by atoms with E-state index in [0.717, 1.165) is 0 Å². The number of nitrogens with zero attached hydrogens (tertiary/aromatic N) is 3. The summed E-state index contributed by atoms with van der Waals surface area (Å²) in [4.78, 5) is 12.4. The highest BCUT2D eigenvalue weighted by molar-refractivity contribution is 6.36. The number of hydrogen-bond donors (Lipinski definition) is 1. The number of para-hydroxylation sites is 2. The van der Waals surface area contributed by atoms with Crippen LogP contribution in [-0.4, -0.2) is 34.6 Å². The maximum atomic E-state index is 12.4. The molecule has 3 aromatic rings. The fourth-order valence-electron chi connectivity index (χ4n) is 3.03. The number of amides is 1. The van der Waals surface area contributed by atoms with Gasteiger partial charge in [-0.1, -0.05) is 53.0 Å². The summed E-state index contributed by atoms with van der Waals surface area (Å²) in [5.74, 6) is 0.676. The largest absolute Gasteiger partial charge is 0.485 e. The van der Waals surface area contributed by atoms with Crippen LogP contribution in [-0.2, 0) is 11.3 Å². The Morgan fingerprint density at radius 2 is 1.90 bits per heavy atom. The van der Waals surface area contributed by atoms with Crippen molar-refractivity contribution in [3.8, 4) is 11.5 Å². The minimum absolute atomic E-state index is 0.0919. The van der Waals surface area contributed by atoms with Gasteiger partial charge >= 0.3 is 0 Å². The van der Waals surface area contributed by atoms with Crippen molar-refractivity contribution >= 4 is 46.9 Å². The van der Waals surface area contributed by atoms with Crippen LogP contribution in [0.3, 0.4) is 0 Å². The van der Waals surface area contributed by atoms with Gasteiger partial charge < -0.3 is 9.47 Å². The number of hydrazone groups is 1. The Bertz CT molecular complexity index is 1140. The molecular weight excluding hydrogens is 463 g/mol. The lowest BCUT2D eigenvalue weighted by Gasteiger charge is -2.24. The zero-order valence-electron chi connectivity index (χ0n) is 16.3. The molecule has 1 aromatic heterocycles. The molecule has 4 rings (SSSR count). The molecule has 0 bridgehead atoms. The number of ether oxygens (including phenoxy) is 2. The molecule has 0 saturated heterocycles. The predicted molar refractivity (Wildman–Crippen MR) is 120 cm³/mol. The molecule has 1 unspecified atom stereocenters. The van der Waals surface area contributed by atoms with E-state index in [-0.39, 0.29) is 6.61 Å². The van der Waals surface area contributed by atoms with E-state index < -0.39 is 12.0 Å². The Balaban J connectivity index is 1.43. The van der Waals surface area contributed by atoms with Gasteiger partial charge in [0.2, 0.25) is 6.10 Å². The van der Waals surface area contributed by atoms with Gasteiger partial charge in [0, 0.05) is 15.6 Å². The normalized spacial score (nSPS) is 15.3. The number of carbonyl (C=O) groups is 1. The summed E-state index contributed by atoms with van der Waals surface area (Å²) in [5, 5.41) is 9.81. The molecule has 1 aliphatic rings. The summed E-state index contributed by atoms with van der Waals surface area (Å²) in [6.45, 7) is 2.18. The number of aromatic nitrogens is 2. The first-order valence-corrected chi connectivity index (χ1v) is 10.4. The van der Waals surface area contributed by atoms with Crippen molar-refractivity contribution < 1.29 is 14.3 Å². The molecular formula is C21H17Cl3N4O3. The second kappa shape index (κ2) is 9.18. The Labute approximate surface area is 193 Å². The molecule has 10 heteroatoms. The van der Waals surface area contributed by atoms with E-state index in [9.17, 15) is 4.79 Å². The molecule has 1 N–H and O–H groups in total. The van der Waals surface area contributed by atoms with Gasteiger partial charge in [0.25, 0.3) is 5.91 Å². The molecule has 31 heavy (non-hydrogen) atoms. The molecule has 2 heterocycles. The second-order valence-corrected chi connectivity index (χ2v) is 7.92. The highest BCUT2D eigenvalue weighted by Gasteiger charge is 2.27. The van der Waals surface area contributed by atoms with E-state index in [0.29, 0.717) is 50.1 Å². The van der Waals surface area contributed by atoms with Crippen molar-refractivity contribution in [1.82, 2.24) is 15.2 Å². The van der Waals surface area contributed by atoms with Crippen LogP contribution in [0.1, 0.15) is 16.8 Å². The maximum absolute atomic E-state index is 12.4. The first-order valence-electron chi connectivity index (χ1n) is 9.31. The monoisotopic (exact) mass is 478 g/mol. The molecule has 0 saturated carbocycles. The summed E-state index contributed by atoms with van der Waals surface area (Å²) < 4.78 is 12.8.